The van der Waals surface area contributed by atoms with Crippen molar-refractivity contribution in [1.29, 1.82) is 0 Å². The molecule has 2 fully saturated rings. The number of hydrogen-bond acceptors (Lipinski definition) is 3. The van der Waals surface area contributed by atoms with Crippen LogP contribution in [0.25, 0.3) is 0 Å². The molecule has 1 aromatic carbocycles. The van der Waals surface area contributed by atoms with Crippen LogP contribution in [0, 0.1) is 5.82 Å². The summed E-state index contributed by atoms with van der Waals surface area (Å²) >= 11 is 0. The van der Waals surface area contributed by atoms with Gasteiger partial charge in [-0.1, -0.05) is 18.6 Å². The van der Waals surface area contributed by atoms with E-state index >= 15 is 0 Å². The molecule has 0 spiro atoms. The lowest BCUT2D eigenvalue weighted by atomic mass is 9.95. The quantitative estimate of drug-likeness (QED) is 0.909. The summed E-state index contributed by atoms with van der Waals surface area (Å²) in [6.07, 6.45) is 3.82. The smallest absolute Gasteiger partial charge is 0.146 e. The third-order valence-electron chi connectivity index (χ3n) is 4.98. The van der Waals surface area contributed by atoms with Gasteiger partial charge in [-0.2, -0.15) is 0 Å². The van der Waals surface area contributed by atoms with Gasteiger partial charge in [0, 0.05) is 31.2 Å². The van der Waals surface area contributed by atoms with E-state index in [-0.39, 0.29) is 11.9 Å². The number of anilines is 1. The van der Waals surface area contributed by atoms with Crippen LogP contribution in [0.3, 0.4) is 0 Å². The van der Waals surface area contributed by atoms with Crippen molar-refractivity contribution in [2.45, 2.75) is 51.2 Å². The third kappa shape index (κ3) is 2.79. The van der Waals surface area contributed by atoms with Crippen LogP contribution in [-0.4, -0.2) is 36.6 Å². The molecule has 0 saturated carbocycles. The summed E-state index contributed by atoms with van der Waals surface area (Å²) in [6.45, 7) is 7.27. The Morgan fingerprint density at radius 3 is 2.86 bits per heavy atom. The second-order valence-corrected chi connectivity index (χ2v) is 6.61. The van der Waals surface area contributed by atoms with E-state index in [2.05, 4.69) is 16.7 Å². The molecule has 2 heterocycles. The average molecular weight is 291 g/mol. The summed E-state index contributed by atoms with van der Waals surface area (Å²) in [4.78, 5) is 4.83. The molecule has 0 aliphatic carbocycles. The van der Waals surface area contributed by atoms with Crippen LogP contribution in [-0.2, 0) is 0 Å². The van der Waals surface area contributed by atoms with E-state index in [4.69, 9.17) is 5.73 Å². The standard InChI is InChI=1S/C17H26FN3/c1-12-10-20-9-4-3-6-14(20)11-21(12)17-15(13(2)19)7-5-8-16(17)18/h5,7-8,12-14H,3-4,6,9-11,19H2,1-2H3/t12?,13-,14?/m0/s1. The lowest BCUT2D eigenvalue weighted by Crippen LogP contribution is -2.59. The number of piperazine rings is 1. The predicted molar refractivity (Wildman–Crippen MR) is 85.0 cm³/mol. The summed E-state index contributed by atoms with van der Waals surface area (Å²) < 4.78 is 14.5. The number of nitrogens with zero attached hydrogens (tertiary/aromatic N) is 2. The lowest BCUT2D eigenvalue weighted by Gasteiger charge is -2.49. The second kappa shape index (κ2) is 5.93. The monoisotopic (exact) mass is 291 g/mol. The highest BCUT2D eigenvalue weighted by atomic mass is 19.1. The largest absolute Gasteiger partial charge is 0.363 e. The first kappa shape index (κ1) is 14.8. The molecule has 0 bridgehead atoms. The Hall–Kier alpha value is -1.13. The van der Waals surface area contributed by atoms with Crippen LogP contribution in [0.4, 0.5) is 10.1 Å². The topological polar surface area (TPSA) is 32.5 Å². The van der Waals surface area contributed by atoms with Crippen LogP contribution in [0.2, 0.25) is 0 Å². The van der Waals surface area contributed by atoms with Gasteiger partial charge in [0.15, 0.2) is 0 Å². The van der Waals surface area contributed by atoms with Gasteiger partial charge in [-0.3, -0.25) is 4.90 Å². The number of para-hydroxylation sites is 1. The maximum atomic E-state index is 14.5. The fraction of sp³-hybridized carbons (Fsp3) is 0.647. The van der Waals surface area contributed by atoms with Crippen LogP contribution in [0.15, 0.2) is 18.2 Å². The maximum absolute atomic E-state index is 14.5. The zero-order valence-corrected chi connectivity index (χ0v) is 13.1. The van der Waals surface area contributed by atoms with Crippen LogP contribution < -0.4 is 10.6 Å². The molecule has 3 rings (SSSR count). The number of benzene rings is 1. The van der Waals surface area contributed by atoms with Gasteiger partial charge in [0.05, 0.1) is 5.69 Å². The van der Waals surface area contributed by atoms with Crippen LogP contribution in [0.5, 0.6) is 0 Å². The highest BCUT2D eigenvalue weighted by Crippen LogP contribution is 2.34. The molecule has 2 N–H and O–H groups in total. The number of nitrogens with two attached hydrogens (primary N) is 1. The molecule has 21 heavy (non-hydrogen) atoms. The molecular formula is C17H26FN3. The summed E-state index contributed by atoms with van der Waals surface area (Å²) in [5, 5.41) is 0. The number of rotatable bonds is 2. The fourth-order valence-electron chi connectivity index (χ4n) is 3.87. The van der Waals surface area contributed by atoms with Crippen molar-refractivity contribution in [3.05, 3.63) is 29.6 Å². The Bertz CT molecular complexity index is 503. The van der Waals surface area contributed by atoms with Crippen molar-refractivity contribution >= 4 is 5.69 Å². The summed E-state index contributed by atoms with van der Waals surface area (Å²) in [5.41, 5.74) is 7.71. The van der Waals surface area contributed by atoms with Crippen molar-refractivity contribution in [3.63, 3.8) is 0 Å². The van der Waals surface area contributed by atoms with Crippen molar-refractivity contribution in [2.24, 2.45) is 5.73 Å². The van der Waals surface area contributed by atoms with Gasteiger partial charge < -0.3 is 10.6 Å². The van der Waals surface area contributed by atoms with E-state index in [1.54, 1.807) is 12.1 Å². The minimum absolute atomic E-state index is 0.138. The van der Waals surface area contributed by atoms with E-state index in [1.165, 1.54) is 25.8 Å². The number of halogens is 1. The van der Waals surface area contributed by atoms with Crippen molar-refractivity contribution in [3.8, 4) is 0 Å². The Morgan fingerprint density at radius 1 is 1.29 bits per heavy atom. The summed E-state index contributed by atoms with van der Waals surface area (Å²) in [7, 11) is 0. The van der Waals surface area contributed by atoms with Crippen molar-refractivity contribution in [2.75, 3.05) is 24.5 Å². The minimum atomic E-state index is -0.146. The van der Waals surface area contributed by atoms with Gasteiger partial charge in [0.2, 0.25) is 0 Å². The molecule has 4 heteroatoms. The summed E-state index contributed by atoms with van der Waals surface area (Å²) in [5.74, 6) is -0.138. The third-order valence-corrected chi connectivity index (χ3v) is 4.98. The maximum Gasteiger partial charge on any atom is 0.146 e. The van der Waals surface area contributed by atoms with Crippen molar-refractivity contribution < 1.29 is 4.39 Å². The fourth-order valence-corrected chi connectivity index (χ4v) is 3.87. The van der Waals surface area contributed by atoms with Gasteiger partial charge in [0.1, 0.15) is 5.82 Å². The molecular weight excluding hydrogens is 265 g/mol. The Kier molecular flexibility index (Phi) is 4.18. The first-order valence-corrected chi connectivity index (χ1v) is 8.12. The molecule has 0 aromatic heterocycles. The molecule has 0 amide bonds. The molecule has 2 aliphatic heterocycles. The Morgan fingerprint density at radius 2 is 2.10 bits per heavy atom. The highest BCUT2D eigenvalue weighted by molar-refractivity contribution is 5.57. The number of hydrogen-bond donors (Lipinski definition) is 1. The van der Waals surface area contributed by atoms with Crippen LogP contribution in [0.1, 0.15) is 44.7 Å². The Labute approximate surface area is 126 Å². The minimum Gasteiger partial charge on any atom is -0.363 e. The zero-order chi connectivity index (χ0) is 15.0. The van der Waals surface area contributed by atoms with Gasteiger partial charge >= 0.3 is 0 Å². The highest BCUT2D eigenvalue weighted by Gasteiger charge is 2.35. The molecule has 2 saturated heterocycles. The van der Waals surface area contributed by atoms with Gasteiger partial charge in [-0.25, -0.2) is 4.39 Å². The SMILES string of the molecule is CC1CN2CCCCC2CN1c1c(F)cccc1[C@H](C)N. The first-order chi connectivity index (χ1) is 10.1. The first-order valence-electron chi connectivity index (χ1n) is 8.12. The molecule has 3 atom stereocenters. The Balaban J connectivity index is 1.92. The second-order valence-electron chi connectivity index (χ2n) is 6.61. The molecule has 1 aromatic rings. The van der Waals surface area contributed by atoms with E-state index in [9.17, 15) is 4.39 Å². The zero-order valence-electron chi connectivity index (χ0n) is 13.1. The van der Waals surface area contributed by atoms with E-state index in [0.29, 0.717) is 12.1 Å². The van der Waals surface area contributed by atoms with E-state index in [0.717, 1.165) is 24.3 Å². The lowest BCUT2D eigenvalue weighted by molar-refractivity contribution is 0.115. The molecule has 2 aliphatic rings. The van der Waals surface area contributed by atoms with Gasteiger partial charge in [-0.05, 0) is 44.9 Å². The molecule has 3 nitrogen and oxygen atoms in total. The number of piperidine rings is 1. The average Bonchev–Trinajstić information content (AvgIpc) is 2.46. The molecule has 0 radical (unpaired) electrons. The van der Waals surface area contributed by atoms with Crippen LogP contribution >= 0.6 is 0 Å². The van der Waals surface area contributed by atoms with Crippen molar-refractivity contribution in [1.82, 2.24) is 4.90 Å². The van der Waals surface area contributed by atoms with E-state index in [1.807, 2.05) is 13.0 Å². The summed E-state index contributed by atoms with van der Waals surface area (Å²) in [6, 6.07) is 6.03. The normalized spacial score (nSPS) is 28.3. The number of fused-ring (bicyclic) bond motifs is 1. The van der Waals surface area contributed by atoms with E-state index < -0.39 is 0 Å². The molecule has 116 valence electrons. The molecule has 2 unspecified atom stereocenters. The van der Waals surface area contributed by atoms with Gasteiger partial charge in [0.25, 0.3) is 0 Å². The predicted octanol–water partition coefficient (Wildman–Crippen LogP) is 2.91. The van der Waals surface area contributed by atoms with Gasteiger partial charge in [-0.15, -0.1) is 0 Å².